The van der Waals surface area contributed by atoms with Crippen LogP contribution in [-0.2, 0) is 23.1 Å². The summed E-state index contributed by atoms with van der Waals surface area (Å²) in [7, 11) is -2.41. The summed E-state index contributed by atoms with van der Waals surface area (Å²) in [5, 5.41) is 0. The summed E-state index contributed by atoms with van der Waals surface area (Å²) in [5.74, 6) is -0.668. The Morgan fingerprint density at radius 1 is 1.18 bits per heavy atom. The number of hydrogen-bond acceptors (Lipinski definition) is 5. The van der Waals surface area contributed by atoms with Crippen molar-refractivity contribution in [2.45, 2.75) is 33.6 Å². The molecule has 0 rings (SSSR count). The van der Waals surface area contributed by atoms with Gasteiger partial charge in [-0.05, 0) is 20.3 Å². The summed E-state index contributed by atoms with van der Waals surface area (Å²) in [6.45, 7) is 6.42. The van der Waals surface area contributed by atoms with Crippen LogP contribution in [0.4, 0.5) is 0 Å². The normalized spacial score (nSPS) is 11.1. The van der Waals surface area contributed by atoms with Gasteiger partial charge in [0.15, 0.2) is 0 Å². The standard InChI is InChI=1S/C13H26N3O5P/c1-5-8-9-16(10-11-19-4)13(17)12(15-14)22(18,20-6-2)21-7-3/h5-11H2,1-4H3. The Labute approximate surface area is 131 Å². The third-order valence-electron chi connectivity index (χ3n) is 2.78. The van der Waals surface area contributed by atoms with E-state index >= 15 is 0 Å². The van der Waals surface area contributed by atoms with Crippen molar-refractivity contribution in [1.29, 1.82) is 0 Å². The van der Waals surface area contributed by atoms with E-state index in [0.29, 0.717) is 19.7 Å². The van der Waals surface area contributed by atoms with Crippen molar-refractivity contribution in [1.82, 2.24) is 4.90 Å². The number of unbranched alkanes of at least 4 members (excludes halogenated alkanes) is 1. The van der Waals surface area contributed by atoms with Crippen LogP contribution >= 0.6 is 7.60 Å². The molecule has 8 nitrogen and oxygen atoms in total. The summed E-state index contributed by atoms with van der Waals surface area (Å²) in [6, 6.07) is 0. The van der Waals surface area contributed by atoms with E-state index in [1.807, 2.05) is 6.92 Å². The lowest BCUT2D eigenvalue weighted by Crippen LogP contribution is -2.40. The van der Waals surface area contributed by atoms with Gasteiger partial charge in [0.2, 0.25) is 0 Å². The average molecular weight is 335 g/mol. The summed E-state index contributed by atoms with van der Waals surface area (Å²) in [4.78, 5) is 16.9. The maximum absolute atomic E-state index is 12.6. The van der Waals surface area contributed by atoms with E-state index in [4.69, 9.17) is 19.3 Å². The second-order valence-electron chi connectivity index (χ2n) is 4.40. The summed E-state index contributed by atoms with van der Waals surface area (Å²) in [5.41, 5.74) is 8.57. The van der Waals surface area contributed by atoms with Gasteiger partial charge in [0.05, 0.1) is 19.8 Å². The lowest BCUT2D eigenvalue weighted by Gasteiger charge is -2.21. The highest BCUT2D eigenvalue weighted by Gasteiger charge is 2.47. The molecule has 0 aromatic carbocycles. The van der Waals surface area contributed by atoms with Gasteiger partial charge in [-0.1, -0.05) is 13.3 Å². The van der Waals surface area contributed by atoms with Gasteiger partial charge in [-0.3, -0.25) is 4.79 Å². The molecule has 0 aromatic heterocycles. The number of amides is 1. The topological polar surface area (TPSA) is 101 Å². The fraction of sp³-hybridized carbons (Fsp3) is 0.846. The molecule has 128 valence electrons. The molecule has 22 heavy (non-hydrogen) atoms. The van der Waals surface area contributed by atoms with E-state index in [-0.39, 0.29) is 13.2 Å². The molecule has 0 saturated carbocycles. The fourth-order valence-electron chi connectivity index (χ4n) is 1.72. The molecule has 0 radical (unpaired) electrons. The number of methoxy groups -OCH3 is 1. The number of nitrogens with zero attached hydrogens (tertiary/aromatic N) is 3. The molecule has 0 aromatic rings. The van der Waals surface area contributed by atoms with E-state index in [9.17, 15) is 9.36 Å². The molecule has 9 heteroatoms. The molecule has 0 aliphatic rings. The Balaban J connectivity index is 5.34. The third kappa shape index (κ3) is 6.38. The highest BCUT2D eigenvalue weighted by Crippen LogP contribution is 2.49. The summed E-state index contributed by atoms with van der Waals surface area (Å²) in [6.07, 6.45) is 1.65. The van der Waals surface area contributed by atoms with Crippen molar-refractivity contribution >= 4 is 19.0 Å². The van der Waals surface area contributed by atoms with E-state index in [0.717, 1.165) is 12.8 Å². The SMILES string of the molecule is CCCCN(CCOC)C(=O)C(=[N+]=[N-])P(=O)(OCC)OCC. The monoisotopic (exact) mass is 335 g/mol. The third-order valence-corrected chi connectivity index (χ3v) is 4.77. The number of ether oxygens (including phenoxy) is 1. The van der Waals surface area contributed by atoms with E-state index in [1.165, 1.54) is 12.0 Å². The molecular weight excluding hydrogens is 309 g/mol. The fourth-order valence-corrected chi connectivity index (χ4v) is 3.21. The van der Waals surface area contributed by atoms with Gasteiger partial charge in [-0.25, -0.2) is 4.57 Å². The average Bonchev–Trinajstić information content (AvgIpc) is 2.48. The zero-order valence-corrected chi connectivity index (χ0v) is 14.7. The predicted molar refractivity (Wildman–Crippen MR) is 82.8 cm³/mol. The highest BCUT2D eigenvalue weighted by atomic mass is 31.2. The van der Waals surface area contributed by atoms with Gasteiger partial charge in [-0.15, -0.1) is 0 Å². The molecule has 0 heterocycles. The van der Waals surface area contributed by atoms with Crippen LogP contribution in [0, 0.1) is 0 Å². The Morgan fingerprint density at radius 2 is 1.77 bits per heavy atom. The van der Waals surface area contributed by atoms with Crippen LogP contribution in [0.3, 0.4) is 0 Å². The smallest absolute Gasteiger partial charge is 0.383 e. The lowest BCUT2D eigenvalue weighted by molar-refractivity contribution is -0.128. The first-order chi connectivity index (χ1) is 10.5. The van der Waals surface area contributed by atoms with E-state index in [1.54, 1.807) is 13.8 Å². The van der Waals surface area contributed by atoms with Crippen LogP contribution in [0.25, 0.3) is 5.53 Å². The first-order valence-corrected chi connectivity index (χ1v) is 8.94. The first kappa shape index (κ1) is 21.0. The van der Waals surface area contributed by atoms with Crippen LogP contribution in [0.1, 0.15) is 33.6 Å². The second kappa shape index (κ2) is 11.5. The van der Waals surface area contributed by atoms with Gasteiger partial charge < -0.3 is 24.2 Å². The molecule has 0 atom stereocenters. The van der Waals surface area contributed by atoms with Gasteiger partial charge in [-0.2, -0.15) is 4.79 Å². The molecule has 0 fully saturated rings. The van der Waals surface area contributed by atoms with Gasteiger partial charge in [0.1, 0.15) is 0 Å². The second-order valence-corrected chi connectivity index (χ2v) is 6.33. The molecule has 0 aliphatic carbocycles. The maximum atomic E-state index is 12.6. The zero-order chi connectivity index (χ0) is 17.0. The minimum Gasteiger partial charge on any atom is -0.383 e. The van der Waals surface area contributed by atoms with Crippen molar-refractivity contribution in [3.8, 4) is 0 Å². The molecule has 0 aliphatic heterocycles. The Kier molecular flexibility index (Phi) is 11.0. The predicted octanol–water partition coefficient (Wildman–Crippen LogP) is 2.16. The Hall–Kier alpha value is -1.04. The summed E-state index contributed by atoms with van der Waals surface area (Å²) >= 11 is 0. The molecule has 0 spiro atoms. The Bertz CT molecular complexity index is 419. The van der Waals surface area contributed by atoms with Crippen molar-refractivity contribution in [3.63, 3.8) is 0 Å². The number of hydrogen-bond donors (Lipinski definition) is 0. The highest BCUT2D eigenvalue weighted by molar-refractivity contribution is 7.74. The zero-order valence-electron chi connectivity index (χ0n) is 13.8. The van der Waals surface area contributed by atoms with Gasteiger partial charge in [0, 0.05) is 20.2 Å². The van der Waals surface area contributed by atoms with Crippen molar-refractivity contribution < 1.29 is 27.9 Å². The maximum Gasteiger partial charge on any atom is 0.465 e. The molecule has 0 saturated heterocycles. The summed E-state index contributed by atoms with van der Waals surface area (Å²) < 4.78 is 27.7. The molecular formula is C13H26N3O5P. The number of carbonyl (C=O) groups excluding carboxylic acids is 1. The van der Waals surface area contributed by atoms with E-state index < -0.39 is 19.0 Å². The number of rotatable bonds is 12. The largest absolute Gasteiger partial charge is 0.465 e. The van der Waals surface area contributed by atoms with Crippen LogP contribution in [-0.4, -0.2) is 61.1 Å². The molecule has 0 unspecified atom stereocenters. The quantitative estimate of drug-likeness (QED) is 0.235. The van der Waals surface area contributed by atoms with Crippen LogP contribution < -0.4 is 0 Å². The van der Waals surface area contributed by atoms with E-state index in [2.05, 4.69) is 4.79 Å². The van der Waals surface area contributed by atoms with Crippen molar-refractivity contribution in [2.75, 3.05) is 40.0 Å². The first-order valence-electron chi connectivity index (χ1n) is 7.40. The molecule has 0 N–H and O–H groups in total. The van der Waals surface area contributed by atoms with Crippen molar-refractivity contribution in [3.05, 3.63) is 5.53 Å². The van der Waals surface area contributed by atoms with Crippen molar-refractivity contribution in [2.24, 2.45) is 0 Å². The minimum absolute atomic E-state index is 0.0661. The van der Waals surface area contributed by atoms with Gasteiger partial charge in [0.25, 0.3) is 0 Å². The lowest BCUT2D eigenvalue weighted by atomic mass is 10.3. The van der Waals surface area contributed by atoms with Crippen LogP contribution in [0.15, 0.2) is 0 Å². The van der Waals surface area contributed by atoms with Crippen LogP contribution in [0.2, 0.25) is 0 Å². The molecule has 1 amide bonds. The molecule has 0 bridgehead atoms. The van der Waals surface area contributed by atoms with Crippen LogP contribution in [0.5, 0.6) is 0 Å². The minimum atomic E-state index is -3.94. The van der Waals surface area contributed by atoms with Gasteiger partial charge >= 0.3 is 19.0 Å². The number of carbonyl (C=O) groups is 1. The Morgan fingerprint density at radius 3 is 2.18 bits per heavy atom.